The first-order chi connectivity index (χ1) is 12.7. The summed E-state index contributed by atoms with van der Waals surface area (Å²) in [6.45, 7) is 3.02. The molecule has 2 saturated heterocycles. The molecule has 2 fully saturated rings. The zero-order valence-corrected chi connectivity index (χ0v) is 14.7. The smallest absolute Gasteiger partial charge is 0.179 e. The highest BCUT2D eigenvalue weighted by Crippen LogP contribution is 2.27. The van der Waals surface area contributed by atoms with Gasteiger partial charge in [0, 0.05) is 24.2 Å². The lowest BCUT2D eigenvalue weighted by atomic mass is 10.0. The van der Waals surface area contributed by atoms with E-state index in [4.69, 9.17) is 4.74 Å². The van der Waals surface area contributed by atoms with Gasteiger partial charge in [0.1, 0.15) is 17.3 Å². The van der Waals surface area contributed by atoms with Crippen molar-refractivity contribution in [3.63, 3.8) is 0 Å². The molecule has 2 aliphatic rings. The zero-order chi connectivity index (χ0) is 17.9. The topological polar surface area (TPSA) is 41.6 Å². The number of ether oxygens (including phenoxy) is 1. The molecule has 2 atom stereocenters. The highest BCUT2D eigenvalue weighted by Gasteiger charge is 2.36. The normalized spacial score (nSPS) is 23.3. The third-order valence-corrected chi connectivity index (χ3v) is 5.27. The molecular formula is C21H23FN2O2. The van der Waals surface area contributed by atoms with Gasteiger partial charge in [-0.3, -0.25) is 9.69 Å². The van der Waals surface area contributed by atoms with Crippen LogP contribution >= 0.6 is 0 Å². The Bertz CT molecular complexity index is 772. The first-order valence-electron chi connectivity index (χ1n) is 9.25. The second-order valence-corrected chi connectivity index (χ2v) is 6.99. The average molecular weight is 354 g/mol. The van der Waals surface area contributed by atoms with Gasteiger partial charge in [-0.05, 0) is 68.8 Å². The molecule has 26 heavy (non-hydrogen) atoms. The van der Waals surface area contributed by atoms with Crippen LogP contribution in [0.2, 0.25) is 0 Å². The number of Topliss-reactive ketones (excluding diaryl/α,β-unsaturated/α-hetero) is 1. The van der Waals surface area contributed by atoms with Crippen molar-refractivity contribution >= 4 is 5.78 Å². The number of carbonyl (C=O) groups is 1. The van der Waals surface area contributed by atoms with Crippen LogP contribution in [0.3, 0.4) is 0 Å². The summed E-state index contributed by atoms with van der Waals surface area (Å²) in [7, 11) is 0. The fraction of sp³-hybridized carbons (Fsp3) is 0.381. The molecule has 2 aromatic carbocycles. The zero-order valence-electron chi connectivity index (χ0n) is 14.7. The van der Waals surface area contributed by atoms with E-state index in [1.54, 1.807) is 36.4 Å². The molecule has 4 rings (SSSR count). The summed E-state index contributed by atoms with van der Waals surface area (Å²) in [5, 5.41) is 3.39. The maximum Gasteiger partial charge on any atom is 0.179 e. The first kappa shape index (κ1) is 17.2. The van der Waals surface area contributed by atoms with E-state index >= 15 is 0 Å². The molecule has 0 bridgehead atoms. The van der Waals surface area contributed by atoms with Crippen molar-refractivity contribution in [2.24, 2.45) is 0 Å². The molecule has 0 aromatic heterocycles. The molecule has 2 heterocycles. The Hall–Kier alpha value is -2.24. The molecule has 2 unspecified atom stereocenters. The molecule has 0 amide bonds. The maximum atomic E-state index is 13.2. The van der Waals surface area contributed by atoms with Crippen molar-refractivity contribution in [3.8, 4) is 11.5 Å². The van der Waals surface area contributed by atoms with Gasteiger partial charge in [-0.2, -0.15) is 0 Å². The predicted octanol–water partition coefficient (Wildman–Crippen LogP) is 3.63. The molecule has 2 aliphatic heterocycles. The van der Waals surface area contributed by atoms with Crippen molar-refractivity contribution in [3.05, 3.63) is 59.9 Å². The van der Waals surface area contributed by atoms with Crippen molar-refractivity contribution in [2.45, 2.75) is 31.3 Å². The second-order valence-electron chi connectivity index (χ2n) is 6.99. The van der Waals surface area contributed by atoms with Gasteiger partial charge in [-0.25, -0.2) is 4.39 Å². The van der Waals surface area contributed by atoms with Crippen molar-refractivity contribution in [1.82, 2.24) is 10.2 Å². The Kier molecular flexibility index (Phi) is 5.00. The second kappa shape index (κ2) is 7.56. The summed E-state index contributed by atoms with van der Waals surface area (Å²) in [5.74, 6) is 0.888. The molecule has 4 nitrogen and oxygen atoms in total. The number of hydrogen-bond acceptors (Lipinski definition) is 4. The molecule has 0 aliphatic carbocycles. The van der Waals surface area contributed by atoms with Crippen molar-refractivity contribution in [2.75, 3.05) is 19.6 Å². The fourth-order valence-electron chi connectivity index (χ4n) is 3.98. The monoisotopic (exact) mass is 354 g/mol. The van der Waals surface area contributed by atoms with Gasteiger partial charge in [0.25, 0.3) is 0 Å². The van der Waals surface area contributed by atoms with Gasteiger partial charge < -0.3 is 10.1 Å². The van der Waals surface area contributed by atoms with Crippen LogP contribution in [0.5, 0.6) is 11.5 Å². The Morgan fingerprint density at radius 2 is 1.96 bits per heavy atom. The molecule has 136 valence electrons. The lowest BCUT2D eigenvalue weighted by molar-refractivity contribution is 0.0826. The van der Waals surface area contributed by atoms with Crippen LogP contribution in [-0.2, 0) is 0 Å². The summed E-state index contributed by atoms with van der Waals surface area (Å²) >= 11 is 0. The van der Waals surface area contributed by atoms with Gasteiger partial charge in [-0.15, -0.1) is 0 Å². The van der Waals surface area contributed by atoms with Crippen molar-refractivity contribution in [1.29, 1.82) is 0 Å². The highest BCUT2D eigenvalue weighted by molar-refractivity contribution is 6.00. The van der Waals surface area contributed by atoms with E-state index in [1.165, 1.54) is 12.1 Å². The van der Waals surface area contributed by atoms with E-state index in [2.05, 4.69) is 10.2 Å². The number of halogens is 1. The van der Waals surface area contributed by atoms with Crippen LogP contribution in [-0.4, -0.2) is 42.4 Å². The summed E-state index contributed by atoms with van der Waals surface area (Å²) in [6, 6.07) is 13.6. The van der Waals surface area contributed by atoms with Gasteiger partial charge >= 0.3 is 0 Å². The molecule has 0 saturated carbocycles. The molecule has 0 spiro atoms. The number of nitrogens with one attached hydrogen (secondary N) is 1. The largest absolute Gasteiger partial charge is 0.457 e. The Morgan fingerprint density at radius 1 is 1.12 bits per heavy atom. The predicted molar refractivity (Wildman–Crippen MR) is 98.2 cm³/mol. The summed E-state index contributed by atoms with van der Waals surface area (Å²) in [6.07, 6.45) is 3.12. The minimum Gasteiger partial charge on any atom is -0.457 e. The van der Waals surface area contributed by atoms with E-state index in [0.717, 1.165) is 38.9 Å². The number of rotatable bonds is 5. The van der Waals surface area contributed by atoms with Crippen LogP contribution in [0.4, 0.5) is 4.39 Å². The quantitative estimate of drug-likeness (QED) is 0.833. The van der Waals surface area contributed by atoms with Crippen molar-refractivity contribution < 1.29 is 13.9 Å². The van der Waals surface area contributed by atoms with E-state index in [-0.39, 0.29) is 17.6 Å². The maximum absolute atomic E-state index is 13.2. The van der Waals surface area contributed by atoms with Crippen LogP contribution in [0.15, 0.2) is 48.5 Å². The van der Waals surface area contributed by atoms with Gasteiger partial charge in [0.2, 0.25) is 0 Å². The number of benzene rings is 2. The van der Waals surface area contributed by atoms with Crippen LogP contribution in [0.25, 0.3) is 0 Å². The molecule has 0 radical (unpaired) electrons. The van der Waals surface area contributed by atoms with E-state index in [9.17, 15) is 9.18 Å². The fourth-order valence-corrected chi connectivity index (χ4v) is 3.98. The summed E-state index contributed by atoms with van der Waals surface area (Å²) < 4.78 is 18.9. The Morgan fingerprint density at radius 3 is 2.69 bits per heavy atom. The molecule has 5 heteroatoms. The number of hydrogen-bond donors (Lipinski definition) is 1. The first-order valence-corrected chi connectivity index (χ1v) is 9.25. The number of carbonyl (C=O) groups excluding carboxylic acids is 1. The van der Waals surface area contributed by atoms with Gasteiger partial charge in [0.15, 0.2) is 5.78 Å². The number of nitrogens with zero attached hydrogens (tertiary/aromatic N) is 1. The van der Waals surface area contributed by atoms with Crippen LogP contribution in [0.1, 0.15) is 29.6 Å². The minimum atomic E-state index is -0.336. The lowest BCUT2D eigenvalue weighted by Gasteiger charge is -2.29. The van der Waals surface area contributed by atoms with E-state index in [1.807, 2.05) is 0 Å². The standard InChI is InChI=1S/C21H23FN2O2/c22-16-3-1-4-19(13-16)26-18-8-6-15(7-9-18)21(25)20-5-2-12-24(20)17-10-11-23-14-17/h1,3-4,6-9,13,17,20,23H,2,5,10-12,14H2. The molecular weight excluding hydrogens is 331 g/mol. The van der Waals surface area contributed by atoms with Gasteiger partial charge in [-0.1, -0.05) is 6.07 Å². The lowest BCUT2D eigenvalue weighted by Crippen LogP contribution is -2.44. The van der Waals surface area contributed by atoms with Gasteiger partial charge in [0.05, 0.1) is 6.04 Å². The third kappa shape index (κ3) is 3.64. The minimum absolute atomic E-state index is 0.0186. The average Bonchev–Trinajstić information content (AvgIpc) is 3.33. The summed E-state index contributed by atoms with van der Waals surface area (Å²) in [5.41, 5.74) is 0.708. The van der Waals surface area contributed by atoms with Crippen LogP contribution in [0, 0.1) is 5.82 Å². The SMILES string of the molecule is O=C(c1ccc(Oc2cccc(F)c2)cc1)C1CCCN1C1CCNC1. The van der Waals surface area contributed by atoms with E-state index in [0.29, 0.717) is 23.1 Å². The Balaban J connectivity index is 1.45. The molecule has 2 aromatic rings. The van der Waals surface area contributed by atoms with E-state index < -0.39 is 0 Å². The van der Waals surface area contributed by atoms with Crippen LogP contribution < -0.4 is 10.1 Å². The molecule has 1 N–H and O–H groups in total. The Labute approximate surface area is 153 Å². The highest BCUT2D eigenvalue weighted by atomic mass is 19.1. The number of likely N-dealkylation sites (tertiary alicyclic amines) is 1. The third-order valence-electron chi connectivity index (χ3n) is 5.27. The summed E-state index contributed by atoms with van der Waals surface area (Å²) in [4.78, 5) is 15.4. The number of ketones is 1.